The van der Waals surface area contributed by atoms with Gasteiger partial charge in [0.2, 0.25) is 5.92 Å². The predicted octanol–water partition coefficient (Wildman–Crippen LogP) is 24.7. The third-order valence-electron chi connectivity index (χ3n) is 14.4. The lowest BCUT2D eigenvalue weighted by Crippen LogP contribution is -2.32. The second kappa shape index (κ2) is 34.8. The minimum Gasteiger partial charge on any atom is -0.207 e. The van der Waals surface area contributed by atoms with E-state index in [2.05, 4.69) is 230 Å². The molecule has 0 bridgehead atoms. The summed E-state index contributed by atoms with van der Waals surface area (Å²) in [4.78, 5) is 0. The normalized spacial score (nSPS) is 14.2. The summed E-state index contributed by atoms with van der Waals surface area (Å²) in [6.45, 7) is 82.1. The molecule has 0 radical (unpaired) electrons. The third kappa shape index (κ3) is 52.6. The number of benzene rings is 1. The summed E-state index contributed by atoms with van der Waals surface area (Å²) in [6.07, 6.45) is 3.89. The third-order valence-corrected chi connectivity index (χ3v) is 14.4. The van der Waals surface area contributed by atoms with Crippen LogP contribution in [-0.2, 0) is 5.41 Å². The quantitative estimate of drug-likeness (QED) is 0.204. The van der Waals surface area contributed by atoms with Gasteiger partial charge in [-0.3, -0.25) is 0 Å². The van der Waals surface area contributed by atoms with Gasteiger partial charge in [-0.15, -0.1) is 0 Å². The Kier molecular flexibility index (Phi) is 42.4. The van der Waals surface area contributed by atoms with Crippen LogP contribution in [0.15, 0.2) is 54.6 Å². The Morgan fingerprint density at radius 3 is 0.710 bits per heavy atom. The van der Waals surface area contributed by atoms with Crippen LogP contribution in [0.4, 0.5) is 17.6 Å². The van der Waals surface area contributed by atoms with Crippen molar-refractivity contribution in [3.8, 4) is 0 Å². The van der Waals surface area contributed by atoms with Crippen molar-refractivity contribution in [1.29, 1.82) is 0 Å². The van der Waals surface area contributed by atoms with E-state index in [1.807, 2.05) is 20.8 Å². The molecule has 2 unspecified atom stereocenters. The second-order valence-corrected chi connectivity index (χ2v) is 28.9. The number of rotatable bonds is 5. The highest BCUT2D eigenvalue weighted by Gasteiger charge is 2.38. The molecule has 0 fully saturated rings. The zero-order valence-electron chi connectivity index (χ0n) is 53.3. The Labute approximate surface area is 436 Å². The van der Waals surface area contributed by atoms with Crippen LogP contribution in [0.5, 0.6) is 0 Å². The molecule has 0 aromatic heterocycles. The fourth-order valence-electron chi connectivity index (χ4n) is 4.19. The lowest BCUT2D eigenvalue weighted by Gasteiger charge is -2.31. The van der Waals surface area contributed by atoms with Crippen molar-refractivity contribution in [2.45, 2.75) is 293 Å². The molecule has 4 atom stereocenters. The molecule has 4 heteroatoms. The van der Waals surface area contributed by atoms with Gasteiger partial charge in [-0.05, 0) is 92.0 Å². The van der Waals surface area contributed by atoms with Gasteiger partial charge in [0.1, 0.15) is 0 Å². The van der Waals surface area contributed by atoms with Gasteiger partial charge >= 0.3 is 0 Å². The molecule has 0 spiro atoms. The molecule has 0 amide bonds. The summed E-state index contributed by atoms with van der Waals surface area (Å²) in [7, 11) is 0. The summed E-state index contributed by atoms with van der Waals surface area (Å²) in [5.74, 6) is -2.53. The molecule has 0 N–H and O–H groups in total. The van der Waals surface area contributed by atoms with Gasteiger partial charge in [0, 0.05) is 12.8 Å². The first-order chi connectivity index (χ1) is 29.2. The van der Waals surface area contributed by atoms with Crippen LogP contribution in [0.25, 0.3) is 0 Å². The average molecular weight is 990 g/mol. The fraction of sp³-hybridized carbons (Fsp3) is 0.846. The number of halogens is 4. The van der Waals surface area contributed by atoms with E-state index in [4.69, 9.17) is 0 Å². The Bertz CT molecular complexity index is 1280. The van der Waals surface area contributed by atoms with E-state index in [1.165, 1.54) is 30.4 Å². The van der Waals surface area contributed by atoms with E-state index in [9.17, 15) is 17.6 Å². The summed E-state index contributed by atoms with van der Waals surface area (Å²) >= 11 is 0. The van der Waals surface area contributed by atoms with E-state index < -0.39 is 23.2 Å². The number of allylic oxidation sites excluding steroid dienone is 2. The summed E-state index contributed by atoms with van der Waals surface area (Å²) in [6, 6.07) is 10.6. The van der Waals surface area contributed by atoms with Crippen LogP contribution in [-0.4, -0.2) is 11.8 Å². The number of hydrogen-bond donors (Lipinski definition) is 0. The Hall–Kier alpha value is -1.58. The summed E-state index contributed by atoms with van der Waals surface area (Å²) in [5, 5.41) is 0. The zero-order valence-corrected chi connectivity index (χ0v) is 53.3. The lowest BCUT2D eigenvalue weighted by atomic mass is 9.79. The van der Waals surface area contributed by atoms with Crippen molar-refractivity contribution in [1.82, 2.24) is 0 Å². The molecule has 0 aliphatic rings. The van der Waals surface area contributed by atoms with E-state index in [0.717, 1.165) is 37.5 Å². The first-order valence-electron chi connectivity index (χ1n) is 26.4. The fourth-order valence-corrected chi connectivity index (χ4v) is 4.19. The van der Waals surface area contributed by atoms with Gasteiger partial charge in [-0.1, -0.05) is 304 Å². The highest BCUT2D eigenvalue weighted by Crippen LogP contribution is 2.38. The molecule has 0 aliphatic carbocycles. The van der Waals surface area contributed by atoms with Gasteiger partial charge in [0.05, 0.1) is 0 Å². The molecule has 69 heavy (non-hydrogen) atoms. The maximum atomic E-state index is 12.6. The van der Waals surface area contributed by atoms with Gasteiger partial charge < -0.3 is 0 Å². The average Bonchev–Trinajstić information content (AvgIpc) is 3.11. The van der Waals surface area contributed by atoms with Gasteiger partial charge in [0.15, 0.2) is 0 Å². The molecule has 420 valence electrons. The molecule has 1 rings (SSSR count). The van der Waals surface area contributed by atoms with E-state index in [1.54, 1.807) is 27.7 Å². The summed E-state index contributed by atoms with van der Waals surface area (Å²) in [5.41, 5.74) is 4.44. The van der Waals surface area contributed by atoms with Crippen LogP contribution in [0.1, 0.15) is 282 Å². The number of hydrogen-bond acceptors (Lipinski definition) is 0. The largest absolute Gasteiger partial charge is 0.266 e. The molecule has 0 saturated carbocycles. The molecular formula is C65H132F4. The predicted molar refractivity (Wildman–Crippen MR) is 316 cm³/mol. The topological polar surface area (TPSA) is 0 Å². The lowest BCUT2D eigenvalue weighted by molar-refractivity contribution is -0.0730. The number of alkyl halides is 4. The van der Waals surface area contributed by atoms with Crippen molar-refractivity contribution < 1.29 is 17.6 Å². The van der Waals surface area contributed by atoms with Gasteiger partial charge in [-0.2, -0.15) is 0 Å². The maximum absolute atomic E-state index is 12.6. The highest BCUT2D eigenvalue weighted by atomic mass is 19.3. The molecule has 0 saturated heterocycles. The van der Waals surface area contributed by atoms with E-state index >= 15 is 0 Å². The minimum atomic E-state index is -2.75. The van der Waals surface area contributed by atoms with Crippen LogP contribution in [0.2, 0.25) is 0 Å². The Morgan fingerprint density at radius 2 is 0.667 bits per heavy atom. The molecular weight excluding hydrogens is 857 g/mol. The Balaban J connectivity index is -0.000000103. The van der Waals surface area contributed by atoms with Crippen molar-refractivity contribution in [3.05, 3.63) is 60.2 Å². The first kappa shape index (κ1) is 84.2. The van der Waals surface area contributed by atoms with Gasteiger partial charge in [-0.25, -0.2) is 17.6 Å². The SMILES string of the molecule is C.C=C(C(C)(C)C)C(C)(F)F.C=C(C)C(C)(C)C.CC(C(C)(C)C)C(C)(F)F.CC(C)(C)c1ccccc1.CC(C)C(C)(C)C.CCC(C)C(C)(C)C.CC[C@@H](C)C(C)(C)C.CC[C@H](C)C(C)(C)C. The maximum Gasteiger partial charge on any atom is 0.266 e. The minimum absolute atomic E-state index is 0. The van der Waals surface area contributed by atoms with E-state index in [0.29, 0.717) is 32.5 Å². The van der Waals surface area contributed by atoms with Crippen molar-refractivity contribution in [3.63, 3.8) is 0 Å². The van der Waals surface area contributed by atoms with Crippen LogP contribution in [0, 0.1) is 67.5 Å². The van der Waals surface area contributed by atoms with Crippen LogP contribution in [0.3, 0.4) is 0 Å². The Morgan fingerprint density at radius 1 is 0.435 bits per heavy atom. The van der Waals surface area contributed by atoms with Crippen molar-refractivity contribution in [2.24, 2.45) is 67.5 Å². The van der Waals surface area contributed by atoms with Crippen LogP contribution < -0.4 is 0 Å². The van der Waals surface area contributed by atoms with Crippen LogP contribution >= 0.6 is 0 Å². The standard InChI is InChI=1S/C10H14.C8H16F2.C8H14F2.3C8H18.C7H16.C7H14.CH4/c1-10(2,3)9-7-5-4-6-8-9;2*1-6(7(2,3)4)8(5,9)10;3*1-6-7(2)8(3,4)5;2*1-6(2)7(3,4)5;/h4-8H,1-3H3;6H,1-5H3;1H2,2-5H3;3*7H,6H2,1-5H3;6H,1-5H3;1H2,2-5H3;1H4/t;;;2*7-;;;;/m...10..../s1. The van der Waals surface area contributed by atoms with Crippen molar-refractivity contribution >= 4 is 0 Å². The monoisotopic (exact) mass is 989 g/mol. The van der Waals surface area contributed by atoms with Gasteiger partial charge in [0.25, 0.3) is 5.92 Å². The molecule has 0 nitrogen and oxygen atoms in total. The first-order valence-corrected chi connectivity index (χ1v) is 26.4. The van der Waals surface area contributed by atoms with Crippen molar-refractivity contribution in [2.75, 3.05) is 0 Å². The zero-order chi connectivity index (χ0) is 57.3. The van der Waals surface area contributed by atoms with E-state index in [-0.39, 0.29) is 18.4 Å². The highest BCUT2D eigenvalue weighted by molar-refractivity contribution is 5.22. The molecule has 0 heterocycles. The molecule has 1 aromatic carbocycles. The molecule has 0 aliphatic heterocycles. The second-order valence-electron chi connectivity index (χ2n) is 28.9. The summed E-state index contributed by atoms with van der Waals surface area (Å²) < 4.78 is 50.2. The molecule has 1 aromatic rings. The smallest absolute Gasteiger partial charge is 0.207 e.